The molecule has 0 aromatic rings. The highest BCUT2D eigenvalue weighted by Gasteiger charge is 2.19. The average molecular weight is 230 g/mol. The Hall–Kier alpha value is -0.380. The standard InChI is InChI=1S/C13H26O3/c1-5-8-9-10-13(12(14)6-2)16-11(4)15-7-3/h6,11-14H,2,5,7-10H2,1,3-4H3. The van der Waals surface area contributed by atoms with Crippen molar-refractivity contribution in [1.29, 1.82) is 0 Å². The van der Waals surface area contributed by atoms with Gasteiger partial charge in [-0.05, 0) is 20.3 Å². The maximum Gasteiger partial charge on any atom is 0.155 e. The van der Waals surface area contributed by atoms with Crippen molar-refractivity contribution in [2.45, 2.75) is 65.0 Å². The zero-order valence-electron chi connectivity index (χ0n) is 10.8. The zero-order valence-corrected chi connectivity index (χ0v) is 10.8. The van der Waals surface area contributed by atoms with E-state index in [9.17, 15) is 5.11 Å². The Balaban J connectivity index is 4.03. The van der Waals surface area contributed by atoms with Gasteiger partial charge in [-0.3, -0.25) is 0 Å². The fraction of sp³-hybridized carbons (Fsp3) is 0.846. The van der Waals surface area contributed by atoms with Crippen molar-refractivity contribution in [3.63, 3.8) is 0 Å². The molecule has 0 aromatic carbocycles. The van der Waals surface area contributed by atoms with E-state index >= 15 is 0 Å². The number of unbranched alkanes of at least 4 members (excludes halogenated alkanes) is 2. The molecule has 0 saturated carbocycles. The minimum atomic E-state index is -0.611. The second-order valence-electron chi connectivity index (χ2n) is 3.92. The molecule has 3 heteroatoms. The van der Waals surface area contributed by atoms with E-state index in [4.69, 9.17) is 9.47 Å². The third kappa shape index (κ3) is 6.99. The summed E-state index contributed by atoms with van der Waals surface area (Å²) in [6.07, 6.45) is 4.67. The fourth-order valence-corrected chi connectivity index (χ4v) is 1.59. The number of hydrogen-bond donors (Lipinski definition) is 1. The highest BCUT2D eigenvalue weighted by atomic mass is 16.7. The molecule has 0 spiro atoms. The van der Waals surface area contributed by atoms with Gasteiger partial charge in [0.15, 0.2) is 6.29 Å². The van der Waals surface area contributed by atoms with Gasteiger partial charge in [0, 0.05) is 6.61 Å². The molecular weight excluding hydrogens is 204 g/mol. The highest BCUT2D eigenvalue weighted by molar-refractivity contribution is 4.85. The van der Waals surface area contributed by atoms with E-state index < -0.39 is 6.10 Å². The van der Waals surface area contributed by atoms with Crippen molar-refractivity contribution < 1.29 is 14.6 Å². The largest absolute Gasteiger partial charge is 0.386 e. The first kappa shape index (κ1) is 15.6. The van der Waals surface area contributed by atoms with Gasteiger partial charge >= 0.3 is 0 Å². The second-order valence-corrected chi connectivity index (χ2v) is 3.92. The third-order valence-electron chi connectivity index (χ3n) is 2.48. The molecule has 0 aliphatic rings. The van der Waals surface area contributed by atoms with Crippen molar-refractivity contribution >= 4 is 0 Å². The molecule has 96 valence electrons. The number of hydrogen-bond acceptors (Lipinski definition) is 3. The summed E-state index contributed by atoms with van der Waals surface area (Å²) in [6, 6.07) is 0. The topological polar surface area (TPSA) is 38.7 Å². The maximum absolute atomic E-state index is 9.74. The first-order valence-electron chi connectivity index (χ1n) is 6.23. The molecule has 0 aliphatic heterocycles. The van der Waals surface area contributed by atoms with Gasteiger partial charge in [0.25, 0.3) is 0 Å². The van der Waals surface area contributed by atoms with E-state index in [0.29, 0.717) is 6.61 Å². The highest BCUT2D eigenvalue weighted by Crippen LogP contribution is 2.14. The molecule has 0 aliphatic carbocycles. The van der Waals surface area contributed by atoms with E-state index in [-0.39, 0.29) is 12.4 Å². The zero-order chi connectivity index (χ0) is 12.4. The number of aliphatic hydroxyl groups excluding tert-OH is 1. The van der Waals surface area contributed by atoms with Crippen LogP contribution in [0.2, 0.25) is 0 Å². The molecule has 0 fully saturated rings. The maximum atomic E-state index is 9.74. The molecule has 1 N–H and O–H groups in total. The lowest BCUT2D eigenvalue weighted by Crippen LogP contribution is -2.31. The van der Waals surface area contributed by atoms with Crippen LogP contribution in [0.25, 0.3) is 0 Å². The summed E-state index contributed by atoms with van der Waals surface area (Å²) in [5.74, 6) is 0. The third-order valence-corrected chi connectivity index (χ3v) is 2.48. The van der Waals surface area contributed by atoms with Gasteiger partial charge in [-0.1, -0.05) is 32.3 Å². The van der Waals surface area contributed by atoms with Crippen molar-refractivity contribution in [2.75, 3.05) is 6.61 Å². The fourth-order valence-electron chi connectivity index (χ4n) is 1.59. The molecule has 3 atom stereocenters. The predicted octanol–water partition coefficient (Wildman–Crippen LogP) is 2.88. The van der Waals surface area contributed by atoms with Crippen LogP contribution in [-0.4, -0.2) is 30.2 Å². The number of ether oxygens (including phenoxy) is 2. The lowest BCUT2D eigenvalue weighted by molar-refractivity contribution is -0.176. The van der Waals surface area contributed by atoms with E-state index in [0.717, 1.165) is 25.7 Å². The Morgan fingerprint density at radius 1 is 1.31 bits per heavy atom. The van der Waals surface area contributed by atoms with Crippen LogP contribution in [0.4, 0.5) is 0 Å². The van der Waals surface area contributed by atoms with Crippen molar-refractivity contribution in [3.05, 3.63) is 12.7 Å². The van der Waals surface area contributed by atoms with Gasteiger partial charge in [0.1, 0.15) is 0 Å². The van der Waals surface area contributed by atoms with E-state index in [2.05, 4.69) is 13.5 Å². The van der Waals surface area contributed by atoms with Gasteiger partial charge in [-0.25, -0.2) is 0 Å². The van der Waals surface area contributed by atoms with Crippen LogP contribution in [-0.2, 0) is 9.47 Å². The summed E-state index contributed by atoms with van der Waals surface area (Å²) >= 11 is 0. The van der Waals surface area contributed by atoms with Crippen molar-refractivity contribution in [3.8, 4) is 0 Å². The molecule has 0 rings (SSSR count). The Kier molecular flexibility index (Phi) is 9.59. The summed E-state index contributed by atoms with van der Waals surface area (Å²) in [4.78, 5) is 0. The van der Waals surface area contributed by atoms with Crippen LogP contribution in [0, 0.1) is 0 Å². The molecule has 0 saturated heterocycles. The summed E-state index contributed by atoms with van der Waals surface area (Å²) < 4.78 is 11.0. The van der Waals surface area contributed by atoms with Crippen LogP contribution in [0.15, 0.2) is 12.7 Å². The second kappa shape index (κ2) is 9.82. The summed E-state index contributed by atoms with van der Waals surface area (Å²) in [6.45, 7) is 10.1. The smallest absolute Gasteiger partial charge is 0.155 e. The summed E-state index contributed by atoms with van der Waals surface area (Å²) in [5.41, 5.74) is 0. The predicted molar refractivity (Wildman–Crippen MR) is 66.3 cm³/mol. The molecule has 0 radical (unpaired) electrons. The van der Waals surface area contributed by atoms with Crippen molar-refractivity contribution in [2.24, 2.45) is 0 Å². The molecule has 3 unspecified atom stereocenters. The normalized spacial score (nSPS) is 16.8. The monoisotopic (exact) mass is 230 g/mol. The Labute approximate surface area is 99.5 Å². The van der Waals surface area contributed by atoms with Crippen LogP contribution in [0.3, 0.4) is 0 Å². The molecule has 16 heavy (non-hydrogen) atoms. The van der Waals surface area contributed by atoms with Crippen LogP contribution < -0.4 is 0 Å². The molecule has 0 amide bonds. The molecule has 3 nitrogen and oxygen atoms in total. The lowest BCUT2D eigenvalue weighted by atomic mass is 10.1. The average Bonchev–Trinajstić information content (AvgIpc) is 2.27. The molecule has 0 heterocycles. The Morgan fingerprint density at radius 3 is 2.50 bits per heavy atom. The van der Waals surface area contributed by atoms with E-state index in [1.165, 1.54) is 6.08 Å². The molecule has 0 bridgehead atoms. The molecular formula is C13H26O3. The van der Waals surface area contributed by atoms with Gasteiger partial charge in [-0.2, -0.15) is 0 Å². The molecule has 0 aromatic heterocycles. The minimum absolute atomic E-state index is 0.203. The van der Waals surface area contributed by atoms with Crippen molar-refractivity contribution in [1.82, 2.24) is 0 Å². The number of aliphatic hydroxyl groups is 1. The lowest BCUT2D eigenvalue weighted by Gasteiger charge is -2.24. The summed E-state index contributed by atoms with van der Waals surface area (Å²) in [5, 5.41) is 9.74. The SMILES string of the molecule is C=CC(O)C(CCCCC)OC(C)OCC. The van der Waals surface area contributed by atoms with E-state index in [1.807, 2.05) is 13.8 Å². The summed E-state index contributed by atoms with van der Waals surface area (Å²) in [7, 11) is 0. The minimum Gasteiger partial charge on any atom is -0.386 e. The quantitative estimate of drug-likeness (QED) is 0.356. The number of rotatable bonds is 10. The van der Waals surface area contributed by atoms with Crippen LogP contribution in [0.5, 0.6) is 0 Å². The first-order chi connectivity index (χ1) is 7.65. The van der Waals surface area contributed by atoms with Crippen LogP contribution in [0.1, 0.15) is 46.5 Å². The van der Waals surface area contributed by atoms with Gasteiger partial charge < -0.3 is 14.6 Å². The van der Waals surface area contributed by atoms with Crippen LogP contribution >= 0.6 is 0 Å². The van der Waals surface area contributed by atoms with E-state index in [1.54, 1.807) is 0 Å². The Bertz CT molecular complexity index is 171. The van der Waals surface area contributed by atoms with Gasteiger partial charge in [0.05, 0.1) is 12.2 Å². The van der Waals surface area contributed by atoms with Gasteiger partial charge in [-0.15, -0.1) is 6.58 Å². The van der Waals surface area contributed by atoms with Gasteiger partial charge in [0.2, 0.25) is 0 Å². The first-order valence-corrected chi connectivity index (χ1v) is 6.23. The Morgan fingerprint density at radius 2 is 2.00 bits per heavy atom.